The number of hydrogen-bond acceptors (Lipinski definition) is 2. The van der Waals surface area contributed by atoms with Crippen LogP contribution < -0.4 is 10.2 Å². The molecule has 0 aliphatic carbocycles. The van der Waals surface area contributed by atoms with E-state index in [0.717, 1.165) is 12.6 Å². The number of rotatable bonds is 5. The van der Waals surface area contributed by atoms with Crippen molar-refractivity contribution in [2.45, 2.75) is 52.0 Å². The lowest BCUT2D eigenvalue weighted by molar-refractivity contribution is 0.376. The van der Waals surface area contributed by atoms with Crippen molar-refractivity contribution in [3.05, 3.63) is 29.3 Å². The smallest absolute Gasteiger partial charge is 0.0368 e. The largest absolute Gasteiger partial charge is 0.375 e. The molecule has 1 fully saturated rings. The van der Waals surface area contributed by atoms with Gasteiger partial charge in [-0.1, -0.05) is 12.5 Å². The summed E-state index contributed by atoms with van der Waals surface area (Å²) in [5.41, 5.74) is 4.07. The zero-order chi connectivity index (χ0) is 13.7. The van der Waals surface area contributed by atoms with Gasteiger partial charge >= 0.3 is 0 Å². The van der Waals surface area contributed by atoms with Crippen molar-refractivity contribution in [1.82, 2.24) is 5.32 Å². The van der Waals surface area contributed by atoms with Gasteiger partial charge in [-0.15, -0.1) is 0 Å². The molecule has 1 aliphatic rings. The van der Waals surface area contributed by atoms with Crippen LogP contribution in [0.5, 0.6) is 0 Å². The number of anilines is 1. The number of piperidine rings is 1. The van der Waals surface area contributed by atoms with Crippen LogP contribution in [0, 0.1) is 13.8 Å². The monoisotopic (exact) mass is 260 g/mol. The molecule has 0 spiro atoms. The van der Waals surface area contributed by atoms with Gasteiger partial charge in [0.25, 0.3) is 0 Å². The summed E-state index contributed by atoms with van der Waals surface area (Å²) >= 11 is 0. The third-order valence-corrected chi connectivity index (χ3v) is 4.11. The minimum absolute atomic E-state index is 0.765. The van der Waals surface area contributed by atoms with Crippen LogP contribution in [-0.4, -0.2) is 26.2 Å². The van der Waals surface area contributed by atoms with Gasteiger partial charge in [0.2, 0.25) is 0 Å². The quantitative estimate of drug-likeness (QED) is 0.869. The first-order chi connectivity index (χ1) is 9.15. The Hall–Kier alpha value is -1.02. The molecule has 1 unspecified atom stereocenters. The normalized spacial score (nSPS) is 19.4. The van der Waals surface area contributed by atoms with Crippen LogP contribution in [0.4, 0.5) is 5.69 Å². The molecular weight excluding hydrogens is 232 g/mol. The van der Waals surface area contributed by atoms with Gasteiger partial charge in [0.05, 0.1) is 0 Å². The van der Waals surface area contributed by atoms with E-state index in [-0.39, 0.29) is 0 Å². The van der Waals surface area contributed by atoms with Gasteiger partial charge in [0.15, 0.2) is 0 Å². The molecule has 1 aromatic carbocycles. The van der Waals surface area contributed by atoms with E-state index in [1.165, 1.54) is 55.5 Å². The Balaban J connectivity index is 1.78. The summed E-state index contributed by atoms with van der Waals surface area (Å²) in [5.74, 6) is 0. The van der Waals surface area contributed by atoms with Gasteiger partial charge in [-0.05, 0) is 69.3 Å². The van der Waals surface area contributed by atoms with E-state index in [4.69, 9.17) is 0 Å². The van der Waals surface area contributed by atoms with E-state index >= 15 is 0 Å². The molecule has 0 aromatic heterocycles. The maximum absolute atomic E-state index is 3.63. The summed E-state index contributed by atoms with van der Waals surface area (Å²) in [6.07, 6.45) is 6.73. The number of nitrogens with one attached hydrogen (secondary N) is 1. The molecule has 1 aromatic rings. The average molecular weight is 260 g/mol. The molecule has 2 heteroatoms. The molecule has 2 rings (SSSR count). The second kappa shape index (κ2) is 6.95. The summed E-state index contributed by atoms with van der Waals surface area (Å²) in [6, 6.07) is 7.57. The van der Waals surface area contributed by atoms with Crippen molar-refractivity contribution in [2.24, 2.45) is 0 Å². The van der Waals surface area contributed by atoms with E-state index in [0.29, 0.717) is 0 Å². The van der Waals surface area contributed by atoms with E-state index in [2.05, 4.69) is 49.3 Å². The maximum Gasteiger partial charge on any atom is 0.0368 e. The molecule has 1 atom stereocenters. The van der Waals surface area contributed by atoms with Crippen molar-refractivity contribution < 1.29 is 0 Å². The molecular formula is C17H28N2. The predicted molar refractivity (Wildman–Crippen MR) is 84.1 cm³/mol. The summed E-state index contributed by atoms with van der Waals surface area (Å²) < 4.78 is 0. The van der Waals surface area contributed by atoms with Crippen molar-refractivity contribution in [3.8, 4) is 0 Å². The van der Waals surface area contributed by atoms with Crippen LogP contribution in [-0.2, 0) is 0 Å². The highest BCUT2D eigenvalue weighted by atomic mass is 15.1. The van der Waals surface area contributed by atoms with Crippen LogP contribution in [0.25, 0.3) is 0 Å². The standard InChI is InChI=1S/C17H28N2/c1-14-11-15(2)13-17(12-14)19(3)10-6-8-16-7-4-5-9-18-16/h11-13,16,18H,4-10H2,1-3H3. The van der Waals surface area contributed by atoms with Crippen LogP contribution in [0.3, 0.4) is 0 Å². The van der Waals surface area contributed by atoms with Crippen molar-refractivity contribution in [3.63, 3.8) is 0 Å². The minimum atomic E-state index is 0.765. The fourth-order valence-corrected chi connectivity index (χ4v) is 3.05. The van der Waals surface area contributed by atoms with E-state index in [1.54, 1.807) is 0 Å². The summed E-state index contributed by atoms with van der Waals surface area (Å²) in [6.45, 7) is 6.73. The minimum Gasteiger partial charge on any atom is -0.375 e. The molecule has 0 amide bonds. The molecule has 1 aliphatic heterocycles. The second-order valence-corrected chi connectivity index (χ2v) is 6.06. The van der Waals surface area contributed by atoms with Crippen LogP contribution >= 0.6 is 0 Å². The molecule has 1 N–H and O–H groups in total. The lowest BCUT2D eigenvalue weighted by atomic mass is 10.0. The molecule has 0 saturated carbocycles. The topological polar surface area (TPSA) is 15.3 Å². The van der Waals surface area contributed by atoms with E-state index < -0.39 is 0 Å². The maximum atomic E-state index is 3.63. The van der Waals surface area contributed by atoms with Gasteiger partial charge in [-0.25, -0.2) is 0 Å². The van der Waals surface area contributed by atoms with Gasteiger partial charge in [-0.2, -0.15) is 0 Å². The first-order valence-corrected chi connectivity index (χ1v) is 7.68. The Labute approximate surface area is 118 Å². The van der Waals surface area contributed by atoms with Crippen LogP contribution in [0.15, 0.2) is 18.2 Å². The average Bonchev–Trinajstić information content (AvgIpc) is 2.38. The number of hydrogen-bond donors (Lipinski definition) is 1. The van der Waals surface area contributed by atoms with Crippen molar-refractivity contribution in [1.29, 1.82) is 0 Å². The number of aryl methyl sites for hydroxylation is 2. The molecule has 1 heterocycles. The highest BCUT2D eigenvalue weighted by Crippen LogP contribution is 2.18. The van der Waals surface area contributed by atoms with Gasteiger partial charge in [0, 0.05) is 25.3 Å². The third-order valence-electron chi connectivity index (χ3n) is 4.11. The Morgan fingerprint density at radius 2 is 1.89 bits per heavy atom. The Bertz CT molecular complexity index is 374. The fraction of sp³-hybridized carbons (Fsp3) is 0.647. The zero-order valence-electron chi connectivity index (χ0n) is 12.7. The van der Waals surface area contributed by atoms with E-state index in [9.17, 15) is 0 Å². The number of benzene rings is 1. The van der Waals surface area contributed by atoms with Crippen molar-refractivity contribution in [2.75, 3.05) is 25.0 Å². The number of nitrogens with zero attached hydrogens (tertiary/aromatic N) is 1. The molecule has 0 bridgehead atoms. The van der Waals surface area contributed by atoms with Crippen molar-refractivity contribution >= 4 is 5.69 Å². The zero-order valence-corrected chi connectivity index (χ0v) is 12.7. The van der Waals surface area contributed by atoms with Gasteiger partial charge < -0.3 is 10.2 Å². The molecule has 106 valence electrons. The Kier molecular flexibility index (Phi) is 5.26. The highest BCUT2D eigenvalue weighted by Gasteiger charge is 2.12. The molecule has 19 heavy (non-hydrogen) atoms. The van der Waals surface area contributed by atoms with Crippen LogP contribution in [0.2, 0.25) is 0 Å². The summed E-state index contributed by atoms with van der Waals surface area (Å²) in [7, 11) is 2.21. The lowest BCUT2D eigenvalue weighted by Gasteiger charge is -2.25. The summed E-state index contributed by atoms with van der Waals surface area (Å²) in [5, 5.41) is 3.63. The molecule has 2 nitrogen and oxygen atoms in total. The highest BCUT2D eigenvalue weighted by molar-refractivity contribution is 5.50. The Morgan fingerprint density at radius 3 is 2.53 bits per heavy atom. The second-order valence-electron chi connectivity index (χ2n) is 6.06. The fourth-order valence-electron chi connectivity index (χ4n) is 3.05. The SMILES string of the molecule is Cc1cc(C)cc(N(C)CCCC2CCCCN2)c1. The first kappa shape index (κ1) is 14.4. The third kappa shape index (κ3) is 4.54. The van der Waals surface area contributed by atoms with Gasteiger partial charge in [0.1, 0.15) is 0 Å². The molecule has 0 radical (unpaired) electrons. The Morgan fingerprint density at radius 1 is 1.16 bits per heavy atom. The van der Waals surface area contributed by atoms with Crippen LogP contribution in [0.1, 0.15) is 43.2 Å². The predicted octanol–water partition coefficient (Wildman–Crippen LogP) is 3.66. The lowest BCUT2D eigenvalue weighted by Crippen LogP contribution is -2.34. The molecule has 1 saturated heterocycles. The van der Waals surface area contributed by atoms with E-state index in [1.807, 2.05) is 0 Å². The summed E-state index contributed by atoms with van der Waals surface area (Å²) in [4.78, 5) is 2.39. The first-order valence-electron chi connectivity index (χ1n) is 7.68. The van der Waals surface area contributed by atoms with Gasteiger partial charge in [-0.3, -0.25) is 0 Å².